The Morgan fingerprint density at radius 2 is 0.694 bits per heavy atom. The van der Waals surface area contributed by atoms with Crippen LogP contribution in [-0.4, -0.2) is 47.4 Å². The van der Waals surface area contributed by atoms with Gasteiger partial charge in [-0.05, 0) is 83.5 Å². The molecule has 1 amide bonds. The Kier molecular flexibility index (Phi) is 60.0. The van der Waals surface area contributed by atoms with Gasteiger partial charge in [-0.3, -0.25) is 9.59 Å². The van der Waals surface area contributed by atoms with Gasteiger partial charge in [0.25, 0.3) is 0 Å². The van der Waals surface area contributed by atoms with Crippen LogP contribution in [0.5, 0.6) is 0 Å². The number of carbonyl (C=O) groups excluding carboxylic acids is 2. The summed E-state index contributed by atoms with van der Waals surface area (Å²) >= 11 is 0. The first-order valence-electron chi connectivity index (χ1n) is 32.2. The quantitative estimate of drug-likeness (QED) is 0.0320. The maximum atomic E-state index is 12.4. The number of allylic oxidation sites excluding steroid dienone is 6. The van der Waals surface area contributed by atoms with Crippen molar-refractivity contribution in [3.63, 3.8) is 0 Å². The predicted octanol–water partition coefficient (Wildman–Crippen LogP) is 20.4. The van der Waals surface area contributed by atoms with Crippen LogP contribution in [-0.2, 0) is 14.3 Å². The third-order valence-corrected chi connectivity index (χ3v) is 14.9. The number of aliphatic hydroxyl groups excluding tert-OH is 2. The summed E-state index contributed by atoms with van der Waals surface area (Å²) in [5.74, 6) is -0.0290. The summed E-state index contributed by atoms with van der Waals surface area (Å²) in [6.45, 7) is 4.93. The van der Waals surface area contributed by atoms with Gasteiger partial charge in [-0.25, -0.2) is 0 Å². The van der Waals surface area contributed by atoms with Crippen molar-refractivity contribution in [2.45, 2.75) is 360 Å². The van der Waals surface area contributed by atoms with Crippen LogP contribution in [0.15, 0.2) is 36.5 Å². The smallest absolute Gasteiger partial charge is 0.305 e. The normalized spacial score (nSPS) is 12.8. The number of hydrogen-bond donors (Lipinski definition) is 3. The Bertz CT molecular complexity index is 1170. The van der Waals surface area contributed by atoms with Crippen molar-refractivity contribution in [1.82, 2.24) is 5.32 Å². The number of esters is 1. The fraction of sp³-hybridized carbons (Fsp3) is 0.879. The van der Waals surface area contributed by atoms with Crippen molar-refractivity contribution in [3.05, 3.63) is 36.5 Å². The standard InChI is InChI=1S/C66H125NO5/c1-3-5-7-9-11-13-15-16-17-18-31-34-37-40-44-48-52-56-60-66(71)72-61-57-53-49-45-41-38-35-32-29-27-25-23-21-19-20-22-24-26-28-30-33-36-39-43-47-51-55-59-65(70)67-63(62-68)64(69)58-54-50-46-42-14-12-10-8-6-4-2/h13,15,17-20,63-64,68-69H,3-12,14,16,21-62H2,1-2H3,(H,67,70)/b15-13-,18-17-,20-19-. The van der Waals surface area contributed by atoms with Crippen LogP contribution >= 0.6 is 0 Å². The maximum absolute atomic E-state index is 12.4. The summed E-state index contributed by atoms with van der Waals surface area (Å²) < 4.78 is 5.50. The second-order valence-corrected chi connectivity index (χ2v) is 22.1. The number of unbranched alkanes of at least 4 members (excludes halogenated alkanes) is 43. The lowest BCUT2D eigenvalue weighted by Gasteiger charge is -2.22. The lowest BCUT2D eigenvalue weighted by atomic mass is 10.0. The molecule has 0 radical (unpaired) electrons. The molecule has 0 aromatic heterocycles. The van der Waals surface area contributed by atoms with Crippen LogP contribution in [0.4, 0.5) is 0 Å². The second-order valence-electron chi connectivity index (χ2n) is 22.1. The topological polar surface area (TPSA) is 95.9 Å². The molecule has 6 nitrogen and oxygen atoms in total. The highest BCUT2D eigenvalue weighted by Crippen LogP contribution is 2.17. The van der Waals surface area contributed by atoms with Crippen LogP contribution in [0.2, 0.25) is 0 Å². The van der Waals surface area contributed by atoms with Crippen molar-refractivity contribution in [3.8, 4) is 0 Å². The van der Waals surface area contributed by atoms with Gasteiger partial charge in [-0.1, -0.05) is 288 Å². The van der Waals surface area contributed by atoms with Crippen molar-refractivity contribution < 1.29 is 24.5 Å². The number of hydrogen-bond acceptors (Lipinski definition) is 5. The van der Waals surface area contributed by atoms with Gasteiger partial charge in [0.2, 0.25) is 5.91 Å². The fourth-order valence-corrected chi connectivity index (χ4v) is 9.96. The summed E-state index contributed by atoms with van der Waals surface area (Å²) in [5, 5.41) is 23.2. The second kappa shape index (κ2) is 61.6. The van der Waals surface area contributed by atoms with Gasteiger partial charge < -0.3 is 20.3 Å². The molecule has 6 heteroatoms. The van der Waals surface area contributed by atoms with E-state index in [4.69, 9.17) is 4.74 Å². The average molecular weight is 1010 g/mol. The molecular weight excluding hydrogens is 887 g/mol. The SMILES string of the molecule is CCCCCC/C=C\C/C=C\CCCCCCCCCC(=O)OCCCCCCCCCCCCCC/C=C\CCCCCCCCCCCCCC(=O)NC(CO)C(O)CCCCCCCCCCCC. The van der Waals surface area contributed by atoms with Crippen molar-refractivity contribution in [1.29, 1.82) is 0 Å². The number of nitrogens with one attached hydrogen (secondary N) is 1. The Morgan fingerprint density at radius 1 is 0.389 bits per heavy atom. The van der Waals surface area contributed by atoms with E-state index in [1.807, 2.05) is 0 Å². The molecular formula is C66H125NO5. The molecule has 3 N–H and O–H groups in total. The van der Waals surface area contributed by atoms with Crippen molar-refractivity contribution >= 4 is 11.9 Å². The van der Waals surface area contributed by atoms with E-state index in [2.05, 4.69) is 55.6 Å². The Hall–Kier alpha value is -1.92. The first-order valence-corrected chi connectivity index (χ1v) is 32.2. The van der Waals surface area contributed by atoms with Gasteiger partial charge in [0.15, 0.2) is 0 Å². The number of carbonyl (C=O) groups is 2. The molecule has 0 aliphatic heterocycles. The van der Waals surface area contributed by atoms with Gasteiger partial charge >= 0.3 is 5.97 Å². The lowest BCUT2D eigenvalue weighted by Crippen LogP contribution is -2.45. The molecule has 2 atom stereocenters. The fourth-order valence-electron chi connectivity index (χ4n) is 9.96. The average Bonchev–Trinajstić information content (AvgIpc) is 3.38. The monoisotopic (exact) mass is 1010 g/mol. The van der Waals surface area contributed by atoms with E-state index in [1.165, 1.54) is 263 Å². The van der Waals surface area contributed by atoms with Crippen LogP contribution in [0, 0.1) is 0 Å². The molecule has 0 rings (SSSR count). The minimum Gasteiger partial charge on any atom is -0.466 e. The zero-order valence-corrected chi connectivity index (χ0v) is 48.4. The summed E-state index contributed by atoms with van der Waals surface area (Å²) in [7, 11) is 0. The molecule has 0 heterocycles. The largest absolute Gasteiger partial charge is 0.466 e. The predicted molar refractivity (Wildman–Crippen MR) is 315 cm³/mol. The molecule has 0 aromatic carbocycles. The molecule has 0 bridgehead atoms. The minimum absolute atomic E-state index is 0.00779. The maximum Gasteiger partial charge on any atom is 0.305 e. The van der Waals surface area contributed by atoms with E-state index in [0.717, 1.165) is 51.4 Å². The highest BCUT2D eigenvalue weighted by Gasteiger charge is 2.20. The molecule has 0 spiro atoms. The van der Waals surface area contributed by atoms with E-state index in [-0.39, 0.29) is 18.5 Å². The first-order chi connectivity index (χ1) is 35.5. The van der Waals surface area contributed by atoms with Crippen LogP contribution in [0.3, 0.4) is 0 Å². The first kappa shape index (κ1) is 70.1. The molecule has 72 heavy (non-hydrogen) atoms. The summed E-state index contributed by atoms with van der Waals surface area (Å²) in [4.78, 5) is 24.5. The van der Waals surface area contributed by atoms with E-state index >= 15 is 0 Å². The summed E-state index contributed by atoms with van der Waals surface area (Å²) in [5.41, 5.74) is 0. The van der Waals surface area contributed by atoms with Gasteiger partial charge in [0, 0.05) is 12.8 Å². The molecule has 0 aliphatic carbocycles. The molecule has 0 aliphatic rings. The van der Waals surface area contributed by atoms with Crippen molar-refractivity contribution in [2.75, 3.05) is 13.2 Å². The molecule has 2 unspecified atom stereocenters. The Morgan fingerprint density at radius 3 is 1.08 bits per heavy atom. The van der Waals surface area contributed by atoms with Gasteiger partial charge in [0.05, 0.1) is 25.4 Å². The van der Waals surface area contributed by atoms with Crippen LogP contribution < -0.4 is 5.32 Å². The zero-order chi connectivity index (χ0) is 52.2. The number of ether oxygens (including phenoxy) is 1. The van der Waals surface area contributed by atoms with Crippen LogP contribution in [0.25, 0.3) is 0 Å². The number of aliphatic hydroxyl groups is 2. The van der Waals surface area contributed by atoms with E-state index < -0.39 is 12.1 Å². The Labute approximate surface area is 449 Å². The van der Waals surface area contributed by atoms with Gasteiger partial charge in [-0.15, -0.1) is 0 Å². The minimum atomic E-state index is -0.663. The number of rotatable bonds is 60. The third-order valence-electron chi connectivity index (χ3n) is 14.9. The van der Waals surface area contributed by atoms with Crippen LogP contribution in [0.1, 0.15) is 348 Å². The lowest BCUT2D eigenvalue weighted by molar-refractivity contribution is -0.143. The highest BCUT2D eigenvalue weighted by molar-refractivity contribution is 5.76. The van der Waals surface area contributed by atoms with E-state index in [0.29, 0.717) is 25.9 Å². The van der Waals surface area contributed by atoms with E-state index in [9.17, 15) is 19.8 Å². The molecule has 0 saturated carbocycles. The van der Waals surface area contributed by atoms with Gasteiger partial charge in [-0.2, -0.15) is 0 Å². The highest BCUT2D eigenvalue weighted by atomic mass is 16.5. The summed E-state index contributed by atoms with van der Waals surface area (Å²) in [6.07, 6.45) is 77.5. The van der Waals surface area contributed by atoms with E-state index in [1.54, 1.807) is 0 Å². The molecule has 0 aromatic rings. The number of amides is 1. The van der Waals surface area contributed by atoms with Crippen molar-refractivity contribution in [2.24, 2.45) is 0 Å². The van der Waals surface area contributed by atoms with Gasteiger partial charge in [0.1, 0.15) is 0 Å². The third kappa shape index (κ3) is 57.4. The molecule has 0 fully saturated rings. The zero-order valence-electron chi connectivity index (χ0n) is 48.4. The molecule has 424 valence electrons. The Balaban J connectivity index is 3.36. The summed E-state index contributed by atoms with van der Waals surface area (Å²) in [6, 6.07) is -0.540. The molecule has 0 saturated heterocycles.